The Labute approximate surface area is 93.8 Å². The van der Waals surface area contributed by atoms with Crippen LogP contribution in [0.3, 0.4) is 0 Å². The van der Waals surface area contributed by atoms with E-state index in [4.69, 9.17) is 5.73 Å². The third-order valence-electron chi connectivity index (χ3n) is 2.24. The number of hydrogen-bond acceptors (Lipinski definition) is 3. The van der Waals surface area contributed by atoms with E-state index in [0.29, 0.717) is 0 Å². The molecule has 1 aromatic heterocycles. The van der Waals surface area contributed by atoms with E-state index in [1.54, 1.807) is 11.3 Å². The Kier molecular flexibility index (Phi) is 2.84. The number of aromatic nitrogens is 1. The van der Waals surface area contributed by atoms with Crippen molar-refractivity contribution in [1.82, 2.24) is 4.98 Å². The van der Waals surface area contributed by atoms with Gasteiger partial charge in [-0.25, -0.2) is 4.98 Å². The van der Waals surface area contributed by atoms with Crippen LogP contribution in [0, 0.1) is 6.92 Å². The first-order chi connectivity index (χ1) is 7.16. The maximum Gasteiger partial charge on any atom is 0.123 e. The molecule has 0 aliphatic carbocycles. The average Bonchev–Trinajstić information content (AvgIpc) is 2.66. The highest BCUT2D eigenvalue weighted by Gasteiger charge is 2.07. The molecule has 2 N–H and O–H groups in total. The van der Waals surface area contributed by atoms with E-state index >= 15 is 0 Å². The molecule has 0 saturated carbocycles. The average molecular weight is 218 g/mol. The number of benzene rings is 1. The lowest BCUT2D eigenvalue weighted by atomic mass is 10.1. The summed E-state index contributed by atoms with van der Waals surface area (Å²) in [7, 11) is 0. The van der Waals surface area contributed by atoms with E-state index < -0.39 is 0 Å². The number of nitrogens with two attached hydrogens (primary N) is 1. The van der Waals surface area contributed by atoms with Gasteiger partial charge in [-0.05, 0) is 19.9 Å². The molecule has 1 heterocycles. The molecule has 2 rings (SSSR count). The highest BCUT2D eigenvalue weighted by Crippen LogP contribution is 2.28. The summed E-state index contributed by atoms with van der Waals surface area (Å²) in [4.78, 5) is 5.52. The summed E-state index contributed by atoms with van der Waals surface area (Å²) >= 11 is 1.67. The second-order valence-electron chi connectivity index (χ2n) is 3.73. The smallest absolute Gasteiger partial charge is 0.123 e. The van der Waals surface area contributed by atoms with Gasteiger partial charge in [-0.1, -0.05) is 23.8 Å². The molecule has 1 aromatic carbocycles. The van der Waals surface area contributed by atoms with Crippen molar-refractivity contribution in [2.75, 3.05) is 0 Å². The van der Waals surface area contributed by atoms with Crippen LogP contribution in [0.15, 0.2) is 30.5 Å². The van der Waals surface area contributed by atoms with E-state index in [9.17, 15) is 0 Å². The number of rotatable bonds is 2. The SMILES string of the molecule is Cc1cccc(-c2ncc(C(C)N)s2)c1. The second kappa shape index (κ2) is 4.13. The van der Waals surface area contributed by atoms with Crippen LogP contribution < -0.4 is 5.73 Å². The summed E-state index contributed by atoms with van der Waals surface area (Å²) in [6.45, 7) is 4.07. The Morgan fingerprint density at radius 3 is 2.80 bits per heavy atom. The number of aryl methyl sites for hydroxylation is 1. The van der Waals surface area contributed by atoms with Crippen LogP contribution in [0.25, 0.3) is 10.6 Å². The fourth-order valence-electron chi connectivity index (χ4n) is 1.41. The highest BCUT2D eigenvalue weighted by atomic mass is 32.1. The summed E-state index contributed by atoms with van der Waals surface area (Å²) in [6, 6.07) is 8.43. The quantitative estimate of drug-likeness (QED) is 0.841. The molecule has 2 nitrogen and oxygen atoms in total. The minimum Gasteiger partial charge on any atom is -0.323 e. The lowest BCUT2D eigenvalue weighted by Crippen LogP contribution is -2.01. The molecule has 2 aromatic rings. The highest BCUT2D eigenvalue weighted by molar-refractivity contribution is 7.15. The molecular formula is C12H14N2S. The zero-order valence-corrected chi connectivity index (χ0v) is 9.71. The predicted molar refractivity (Wildman–Crippen MR) is 64.9 cm³/mol. The van der Waals surface area contributed by atoms with E-state index in [1.807, 2.05) is 13.1 Å². The van der Waals surface area contributed by atoms with Gasteiger partial charge in [0.05, 0.1) is 0 Å². The van der Waals surface area contributed by atoms with Gasteiger partial charge in [0.15, 0.2) is 0 Å². The molecule has 0 aliphatic rings. The van der Waals surface area contributed by atoms with E-state index in [0.717, 1.165) is 9.88 Å². The maximum absolute atomic E-state index is 5.81. The minimum atomic E-state index is 0.0704. The Bertz CT molecular complexity index is 460. The van der Waals surface area contributed by atoms with Crippen molar-refractivity contribution in [1.29, 1.82) is 0 Å². The second-order valence-corrected chi connectivity index (χ2v) is 4.79. The van der Waals surface area contributed by atoms with Gasteiger partial charge in [0.1, 0.15) is 5.01 Å². The fraction of sp³-hybridized carbons (Fsp3) is 0.250. The third-order valence-corrected chi connectivity index (χ3v) is 3.48. The Balaban J connectivity index is 2.37. The molecule has 0 fully saturated rings. The lowest BCUT2D eigenvalue weighted by Gasteiger charge is -1.98. The van der Waals surface area contributed by atoms with Crippen LogP contribution in [0.5, 0.6) is 0 Å². The Morgan fingerprint density at radius 1 is 1.40 bits per heavy atom. The molecule has 0 bridgehead atoms. The first kappa shape index (κ1) is 10.3. The molecule has 0 amide bonds. The number of thiazole rings is 1. The van der Waals surface area contributed by atoms with E-state index in [2.05, 4.69) is 36.2 Å². The van der Waals surface area contributed by atoms with Gasteiger partial charge in [-0.2, -0.15) is 0 Å². The van der Waals surface area contributed by atoms with Gasteiger partial charge in [0, 0.05) is 22.7 Å². The van der Waals surface area contributed by atoms with Crippen LogP contribution in [0.2, 0.25) is 0 Å². The summed E-state index contributed by atoms with van der Waals surface area (Å²) in [5.41, 5.74) is 8.23. The Hall–Kier alpha value is -1.19. The van der Waals surface area contributed by atoms with Gasteiger partial charge < -0.3 is 5.73 Å². The summed E-state index contributed by atoms with van der Waals surface area (Å²) < 4.78 is 0. The standard InChI is InChI=1S/C12H14N2S/c1-8-4-3-5-10(6-8)12-14-7-11(15-12)9(2)13/h3-7,9H,13H2,1-2H3. The van der Waals surface area contributed by atoms with Gasteiger partial charge in [-0.3, -0.25) is 0 Å². The van der Waals surface area contributed by atoms with Gasteiger partial charge in [0.2, 0.25) is 0 Å². The van der Waals surface area contributed by atoms with Crippen molar-refractivity contribution >= 4 is 11.3 Å². The van der Waals surface area contributed by atoms with Crippen molar-refractivity contribution in [3.05, 3.63) is 40.9 Å². The van der Waals surface area contributed by atoms with Crippen LogP contribution in [0.1, 0.15) is 23.4 Å². The normalized spacial score (nSPS) is 12.7. The predicted octanol–water partition coefficient (Wildman–Crippen LogP) is 3.14. The zero-order chi connectivity index (χ0) is 10.8. The fourth-order valence-corrected chi connectivity index (χ4v) is 2.27. The molecule has 0 spiro atoms. The molecule has 1 atom stereocenters. The van der Waals surface area contributed by atoms with Crippen LogP contribution in [0.4, 0.5) is 0 Å². The lowest BCUT2D eigenvalue weighted by molar-refractivity contribution is 0.835. The largest absolute Gasteiger partial charge is 0.323 e. The molecule has 0 saturated heterocycles. The summed E-state index contributed by atoms with van der Waals surface area (Å²) in [6.07, 6.45) is 1.87. The van der Waals surface area contributed by atoms with Gasteiger partial charge >= 0.3 is 0 Å². The minimum absolute atomic E-state index is 0.0704. The van der Waals surface area contributed by atoms with E-state index in [-0.39, 0.29) is 6.04 Å². The molecule has 15 heavy (non-hydrogen) atoms. The molecule has 0 aliphatic heterocycles. The molecule has 0 radical (unpaired) electrons. The zero-order valence-electron chi connectivity index (χ0n) is 8.90. The van der Waals surface area contributed by atoms with Crippen LogP contribution in [-0.2, 0) is 0 Å². The van der Waals surface area contributed by atoms with Crippen LogP contribution in [-0.4, -0.2) is 4.98 Å². The van der Waals surface area contributed by atoms with Crippen molar-refractivity contribution in [2.24, 2.45) is 5.73 Å². The van der Waals surface area contributed by atoms with Crippen molar-refractivity contribution in [3.63, 3.8) is 0 Å². The van der Waals surface area contributed by atoms with Crippen molar-refractivity contribution in [2.45, 2.75) is 19.9 Å². The summed E-state index contributed by atoms with van der Waals surface area (Å²) in [5.74, 6) is 0. The first-order valence-corrected chi connectivity index (χ1v) is 5.77. The van der Waals surface area contributed by atoms with Gasteiger partial charge in [0.25, 0.3) is 0 Å². The third kappa shape index (κ3) is 2.25. The molecular weight excluding hydrogens is 204 g/mol. The molecule has 78 valence electrons. The summed E-state index contributed by atoms with van der Waals surface area (Å²) in [5, 5.41) is 1.05. The maximum atomic E-state index is 5.81. The van der Waals surface area contributed by atoms with Crippen molar-refractivity contribution in [3.8, 4) is 10.6 Å². The number of nitrogens with zero attached hydrogens (tertiary/aromatic N) is 1. The topological polar surface area (TPSA) is 38.9 Å². The molecule has 1 unspecified atom stereocenters. The van der Waals surface area contributed by atoms with E-state index in [1.165, 1.54) is 11.1 Å². The monoisotopic (exact) mass is 218 g/mol. The van der Waals surface area contributed by atoms with Gasteiger partial charge in [-0.15, -0.1) is 11.3 Å². The molecule has 3 heteroatoms. The first-order valence-electron chi connectivity index (χ1n) is 4.95. The van der Waals surface area contributed by atoms with Crippen molar-refractivity contribution < 1.29 is 0 Å². The van der Waals surface area contributed by atoms with Crippen LogP contribution >= 0.6 is 11.3 Å². The number of hydrogen-bond donors (Lipinski definition) is 1. The Morgan fingerprint density at radius 2 is 2.20 bits per heavy atom.